The molecule has 0 amide bonds. The smallest absolute Gasteiger partial charge is 0.280 e. The molecule has 1 aliphatic heterocycles. The van der Waals surface area contributed by atoms with E-state index in [1.807, 2.05) is 4.52 Å². The van der Waals surface area contributed by atoms with E-state index in [4.69, 9.17) is 10.1 Å². The highest BCUT2D eigenvalue weighted by molar-refractivity contribution is 5.72. The second kappa shape index (κ2) is 6.11. The number of aryl methyl sites for hydroxylation is 1. The minimum absolute atomic E-state index is 0.0100. The van der Waals surface area contributed by atoms with Crippen LogP contribution in [0.4, 0.5) is 11.5 Å². The Morgan fingerprint density at radius 1 is 1.17 bits per heavy atom. The summed E-state index contributed by atoms with van der Waals surface area (Å²) in [6, 6.07) is 0. The quantitative estimate of drug-likeness (QED) is 0.881. The first-order valence-electron chi connectivity index (χ1n) is 9.29. The van der Waals surface area contributed by atoms with Gasteiger partial charge in [0.25, 0.3) is 5.56 Å². The van der Waals surface area contributed by atoms with Crippen LogP contribution in [0.15, 0.2) is 4.79 Å². The summed E-state index contributed by atoms with van der Waals surface area (Å²) in [5.74, 6) is 2.78. The van der Waals surface area contributed by atoms with Gasteiger partial charge in [-0.05, 0) is 25.7 Å². The Balaban J connectivity index is 1.86. The fourth-order valence-corrected chi connectivity index (χ4v) is 3.93. The van der Waals surface area contributed by atoms with Gasteiger partial charge in [0.05, 0.1) is 6.17 Å². The van der Waals surface area contributed by atoms with Crippen molar-refractivity contribution in [2.24, 2.45) is 0 Å². The predicted molar refractivity (Wildman–Crippen MR) is 94.7 cm³/mol. The summed E-state index contributed by atoms with van der Waals surface area (Å²) in [6.45, 7) is 4.89. The van der Waals surface area contributed by atoms with E-state index in [-0.39, 0.29) is 11.7 Å². The summed E-state index contributed by atoms with van der Waals surface area (Å²) < 4.78 is 3.62. The molecule has 1 atom stereocenters. The summed E-state index contributed by atoms with van der Waals surface area (Å²) in [4.78, 5) is 17.7. The van der Waals surface area contributed by atoms with Crippen molar-refractivity contribution in [1.82, 2.24) is 19.2 Å². The van der Waals surface area contributed by atoms with E-state index in [9.17, 15) is 4.79 Å². The molecule has 1 aliphatic carbocycles. The second-order valence-electron chi connectivity index (χ2n) is 6.97. The average Bonchev–Trinajstić information content (AvgIpc) is 3.28. The van der Waals surface area contributed by atoms with Crippen LogP contribution in [-0.2, 0) is 6.54 Å². The minimum Gasteiger partial charge on any atom is -0.358 e. The molecule has 2 aromatic rings. The molecule has 1 unspecified atom stereocenters. The molecule has 4 rings (SSSR count). The topological polar surface area (TPSA) is 76.2 Å². The average molecular weight is 330 g/mol. The fraction of sp³-hybridized carbons (Fsp3) is 0.706. The van der Waals surface area contributed by atoms with Gasteiger partial charge in [-0.2, -0.15) is 9.50 Å². The van der Waals surface area contributed by atoms with Gasteiger partial charge in [0.2, 0.25) is 5.78 Å². The zero-order valence-electron chi connectivity index (χ0n) is 14.5. The van der Waals surface area contributed by atoms with Crippen molar-refractivity contribution in [2.45, 2.75) is 77.4 Å². The molecule has 2 N–H and O–H groups in total. The Bertz CT molecular complexity index is 801. The highest BCUT2D eigenvalue weighted by Gasteiger charge is 2.30. The van der Waals surface area contributed by atoms with E-state index in [2.05, 4.69) is 24.5 Å². The number of nitrogens with one attached hydrogen (secondary N) is 2. The predicted octanol–water partition coefficient (Wildman–Crippen LogP) is 2.92. The molecule has 3 heterocycles. The Hall–Kier alpha value is -2.05. The van der Waals surface area contributed by atoms with Crippen molar-refractivity contribution < 1.29 is 0 Å². The van der Waals surface area contributed by atoms with Gasteiger partial charge >= 0.3 is 0 Å². The molecule has 7 nitrogen and oxygen atoms in total. The Labute approximate surface area is 141 Å². The number of fused-ring (bicyclic) bond motifs is 3. The van der Waals surface area contributed by atoms with Gasteiger partial charge in [0.15, 0.2) is 11.6 Å². The number of rotatable bonds is 5. The molecule has 7 heteroatoms. The van der Waals surface area contributed by atoms with Gasteiger partial charge in [0, 0.05) is 12.5 Å². The molecule has 0 aromatic carbocycles. The van der Waals surface area contributed by atoms with Gasteiger partial charge < -0.3 is 10.6 Å². The van der Waals surface area contributed by atoms with E-state index in [0.29, 0.717) is 23.9 Å². The standard InChI is InChI=1S/C17H26N6O/c1-3-7-12-18-13-15(19-12)23-17(22(10-4-2)16(13)24)20-14(21-23)11-8-5-6-9-11/h11-12,18-19H,3-10H2,1-2H3. The lowest BCUT2D eigenvalue weighted by atomic mass is 10.1. The van der Waals surface area contributed by atoms with E-state index >= 15 is 0 Å². The first-order valence-corrected chi connectivity index (χ1v) is 9.29. The molecule has 0 bridgehead atoms. The van der Waals surface area contributed by atoms with E-state index in [1.54, 1.807) is 4.57 Å². The molecular formula is C17H26N6O. The van der Waals surface area contributed by atoms with Crippen LogP contribution in [0.5, 0.6) is 0 Å². The van der Waals surface area contributed by atoms with Crippen LogP contribution >= 0.6 is 0 Å². The summed E-state index contributed by atoms with van der Waals surface area (Å²) in [5, 5.41) is 11.6. The molecule has 1 saturated carbocycles. The summed E-state index contributed by atoms with van der Waals surface area (Å²) in [7, 11) is 0. The third-order valence-electron chi connectivity index (χ3n) is 5.13. The normalized spacial score (nSPS) is 20.3. The van der Waals surface area contributed by atoms with Crippen LogP contribution in [0.3, 0.4) is 0 Å². The third-order valence-corrected chi connectivity index (χ3v) is 5.13. The second-order valence-corrected chi connectivity index (χ2v) is 6.97. The molecular weight excluding hydrogens is 304 g/mol. The van der Waals surface area contributed by atoms with Crippen LogP contribution in [0.2, 0.25) is 0 Å². The van der Waals surface area contributed by atoms with Crippen LogP contribution in [-0.4, -0.2) is 25.3 Å². The Morgan fingerprint density at radius 2 is 1.96 bits per heavy atom. The molecule has 2 aromatic heterocycles. The highest BCUT2D eigenvalue weighted by Crippen LogP contribution is 2.34. The lowest BCUT2D eigenvalue weighted by Gasteiger charge is -2.09. The third kappa shape index (κ3) is 2.37. The molecule has 130 valence electrons. The molecule has 0 radical (unpaired) electrons. The van der Waals surface area contributed by atoms with Gasteiger partial charge in [0.1, 0.15) is 5.69 Å². The maximum Gasteiger partial charge on any atom is 0.280 e. The Kier molecular flexibility index (Phi) is 3.94. The molecule has 24 heavy (non-hydrogen) atoms. The maximum absolute atomic E-state index is 12.9. The van der Waals surface area contributed by atoms with Crippen molar-refractivity contribution in [2.75, 3.05) is 10.6 Å². The zero-order chi connectivity index (χ0) is 16.7. The summed E-state index contributed by atoms with van der Waals surface area (Å²) in [6.07, 6.45) is 7.81. The maximum atomic E-state index is 12.9. The number of anilines is 2. The first kappa shape index (κ1) is 15.5. The molecule has 0 spiro atoms. The van der Waals surface area contributed by atoms with Crippen LogP contribution in [0, 0.1) is 0 Å². The van der Waals surface area contributed by atoms with Crippen molar-refractivity contribution in [3.05, 3.63) is 16.2 Å². The lowest BCUT2D eigenvalue weighted by molar-refractivity contribution is 0.656. The minimum atomic E-state index is 0.0100. The van der Waals surface area contributed by atoms with Crippen molar-refractivity contribution in [3.63, 3.8) is 0 Å². The highest BCUT2D eigenvalue weighted by atomic mass is 16.1. The summed E-state index contributed by atoms with van der Waals surface area (Å²) in [5.41, 5.74) is 0.646. The monoisotopic (exact) mass is 330 g/mol. The van der Waals surface area contributed by atoms with E-state index < -0.39 is 0 Å². The van der Waals surface area contributed by atoms with Crippen molar-refractivity contribution in [3.8, 4) is 0 Å². The number of hydrogen-bond donors (Lipinski definition) is 2. The van der Waals surface area contributed by atoms with E-state index in [0.717, 1.165) is 43.7 Å². The van der Waals surface area contributed by atoms with Gasteiger partial charge in [-0.15, -0.1) is 5.10 Å². The fourth-order valence-electron chi connectivity index (χ4n) is 3.93. The van der Waals surface area contributed by atoms with Gasteiger partial charge in [-0.25, -0.2) is 0 Å². The molecule has 1 fully saturated rings. The van der Waals surface area contributed by atoms with Crippen LogP contribution < -0.4 is 16.2 Å². The van der Waals surface area contributed by atoms with Crippen LogP contribution in [0.25, 0.3) is 5.78 Å². The number of aromatic nitrogens is 4. The lowest BCUT2D eigenvalue weighted by Crippen LogP contribution is -2.26. The largest absolute Gasteiger partial charge is 0.358 e. The van der Waals surface area contributed by atoms with Crippen molar-refractivity contribution in [1.29, 1.82) is 0 Å². The first-order chi connectivity index (χ1) is 11.7. The van der Waals surface area contributed by atoms with Crippen molar-refractivity contribution >= 4 is 17.3 Å². The number of hydrogen-bond acceptors (Lipinski definition) is 5. The van der Waals surface area contributed by atoms with Crippen LogP contribution in [0.1, 0.15) is 70.5 Å². The summed E-state index contributed by atoms with van der Waals surface area (Å²) >= 11 is 0. The van der Waals surface area contributed by atoms with Gasteiger partial charge in [-0.3, -0.25) is 9.36 Å². The number of nitrogens with zero attached hydrogens (tertiary/aromatic N) is 4. The molecule has 2 aliphatic rings. The Morgan fingerprint density at radius 3 is 2.67 bits per heavy atom. The SMILES string of the molecule is CCCC1Nc2c(n3nc(C4CCCC4)nc3n(CCC)c2=O)N1. The van der Waals surface area contributed by atoms with Gasteiger partial charge in [-0.1, -0.05) is 33.1 Å². The zero-order valence-corrected chi connectivity index (χ0v) is 14.5. The van der Waals surface area contributed by atoms with E-state index in [1.165, 1.54) is 12.8 Å². The molecule has 0 saturated heterocycles.